The number of aliphatic hydroxyl groups is 1. The van der Waals surface area contributed by atoms with Gasteiger partial charge in [0.2, 0.25) is 0 Å². The highest BCUT2D eigenvalue weighted by Crippen LogP contribution is 2.47. The van der Waals surface area contributed by atoms with Gasteiger partial charge in [-0.2, -0.15) is 0 Å². The Morgan fingerprint density at radius 1 is 1.40 bits per heavy atom. The molecule has 4 rings (SSSR count). The Kier molecular flexibility index (Phi) is 4.13. The van der Waals surface area contributed by atoms with Crippen molar-refractivity contribution in [2.75, 3.05) is 33.9 Å². The number of H-pyrrole nitrogens is 1. The van der Waals surface area contributed by atoms with Crippen LogP contribution in [-0.2, 0) is 6.42 Å². The summed E-state index contributed by atoms with van der Waals surface area (Å²) in [5, 5.41) is 10.8. The summed E-state index contributed by atoms with van der Waals surface area (Å²) in [7, 11) is 4.13. The number of nitrogens with one attached hydrogen (secondary N) is 1. The van der Waals surface area contributed by atoms with Gasteiger partial charge in [-0.1, -0.05) is 6.08 Å². The SMILES string of the molecule is C/C=C1/C[N+]2(C)CCc3c([nH]c4ccc(OC)cc34)[C@@H]2C[C@@H]1CCO. The van der Waals surface area contributed by atoms with Gasteiger partial charge in [0, 0.05) is 30.4 Å². The molecule has 4 nitrogen and oxygen atoms in total. The minimum atomic E-state index is 0.273. The standard InChI is InChI=1S/C21H29N2O2/c1-4-14-13-23(2)9-7-17-18-12-16(25-3)5-6-19(18)22-21(17)20(23)11-15(14)8-10-24/h4-6,12,15,20,22,24H,7-11,13H2,1-3H3/q+1/b14-4-/t15-,20-,23?/m0/s1. The summed E-state index contributed by atoms with van der Waals surface area (Å²) in [6, 6.07) is 6.84. The Bertz CT molecular complexity index is 823. The molecule has 2 aromatic rings. The molecule has 0 bridgehead atoms. The first-order chi connectivity index (χ1) is 12.1. The fourth-order valence-electron chi connectivity index (χ4n) is 5.08. The molecule has 3 atom stereocenters. The third-order valence-electron chi connectivity index (χ3n) is 6.53. The molecular formula is C21H29N2O2+. The number of nitrogens with zero attached hydrogens (tertiary/aromatic N) is 1. The molecule has 1 saturated heterocycles. The molecule has 2 N–H and O–H groups in total. The van der Waals surface area contributed by atoms with Gasteiger partial charge >= 0.3 is 0 Å². The highest BCUT2D eigenvalue weighted by molar-refractivity contribution is 5.86. The maximum atomic E-state index is 9.51. The first kappa shape index (κ1) is 16.7. The maximum Gasteiger partial charge on any atom is 0.131 e. The lowest BCUT2D eigenvalue weighted by molar-refractivity contribution is -0.942. The molecule has 1 aromatic carbocycles. The number of ether oxygens (including phenoxy) is 1. The average Bonchev–Trinajstić information content (AvgIpc) is 2.99. The van der Waals surface area contributed by atoms with E-state index in [9.17, 15) is 5.11 Å². The molecule has 2 aliphatic heterocycles. The molecule has 0 saturated carbocycles. The largest absolute Gasteiger partial charge is 0.497 e. The molecule has 3 heterocycles. The summed E-state index contributed by atoms with van der Waals surface area (Å²) >= 11 is 0. The van der Waals surface area contributed by atoms with Gasteiger partial charge in [-0.15, -0.1) is 0 Å². The van der Waals surface area contributed by atoms with Crippen molar-refractivity contribution >= 4 is 10.9 Å². The van der Waals surface area contributed by atoms with Crippen LogP contribution in [0.3, 0.4) is 0 Å². The van der Waals surface area contributed by atoms with Crippen molar-refractivity contribution < 1.29 is 14.3 Å². The number of methoxy groups -OCH3 is 1. The van der Waals surface area contributed by atoms with Gasteiger partial charge in [-0.25, -0.2) is 0 Å². The first-order valence-electron chi connectivity index (χ1n) is 9.38. The minimum absolute atomic E-state index is 0.273. The Morgan fingerprint density at radius 2 is 2.24 bits per heavy atom. The van der Waals surface area contributed by atoms with Gasteiger partial charge in [-0.05, 0) is 48.6 Å². The quantitative estimate of drug-likeness (QED) is 0.662. The first-order valence-corrected chi connectivity index (χ1v) is 9.38. The van der Waals surface area contributed by atoms with E-state index in [1.165, 1.54) is 34.3 Å². The molecule has 0 radical (unpaired) electrons. The van der Waals surface area contributed by atoms with Crippen LogP contribution >= 0.6 is 0 Å². The van der Waals surface area contributed by atoms with Crippen molar-refractivity contribution in [3.63, 3.8) is 0 Å². The van der Waals surface area contributed by atoms with Crippen molar-refractivity contribution in [3.05, 3.63) is 41.1 Å². The molecule has 2 aliphatic rings. The highest BCUT2D eigenvalue weighted by atomic mass is 16.5. The lowest BCUT2D eigenvalue weighted by Gasteiger charge is -2.50. The van der Waals surface area contributed by atoms with Crippen molar-refractivity contribution in [1.29, 1.82) is 0 Å². The summed E-state index contributed by atoms with van der Waals surface area (Å²) in [4.78, 5) is 3.73. The van der Waals surface area contributed by atoms with Gasteiger partial charge < -0.3 is 19.3 Å². The van der Waals surface area contributed by atoms with Crippen molar-refractivity contribution in [2.45, 2.75) is 32.2 Å². The van der Waals surface area contributed by atoms with Gasteiger partial charge in [0.25, 0.3) is 0 Å². The fraction of sp³-hybridized carbons (Fsp3) is 0.524. The smallest absolute Gasteiger partial charge is 0.131 e. The highest BCUT2D eigenvalue weighted by Gasteiger charge is 2.46. The zero-order valence-corrected chi connectivity index (χ0v) is 15.5. The second-order valence-electron chi connectivity index (χ2n) is 7.86. The van der Waals surface area contributed by atoms with Crippen molar-refractivity contribution in [1.82, 2.24) is 4.98 Å². The number of quaternary nitrogens is 1. The van der Waals surface area contributed by atoms with E-state index in [1.54, 1.807) is 7.11 Å². The summed E-state index contributed by atoms with van der Waals surface area (Å²) in [6.07, 6.45) is 5.38. The number of piperidine rings is 1. The number of aromatic nitrogens is 1. The van der Waals surface area contributed by atoms with E-state index in [0.29, 0.717) is 12.0 Å². The number of aromatic amines is 1. The monoisotopic (exact) mass is 341 g/mol. The van der Waals surface area contributed by atoms with Gasteiger partial charge in [0.05, 0.1) is 26.4 Å². The third kappa shape index (κ3) is 2.59. The second kappa shape index (κ2) is 6.19. The third-order valence-corrected chi connectivity index (χ3v) is 6.53. The average molecular weight is 341 g/mol. The van der Waals surface area contributed by atoms with Crippen LogP contribution in [0.25, 0.3) is 10.9 Å². The number of aliphatic hydroxyl groups excluding tert-OH is 1. The van der Waals surface area contributed by atoms with Crippen molar-refractivity contribution in [2.24, 2.45) is 5.92 Å². The molecule has 134 valence electrons. The molecule has 4 heteroatoms. The zero-order chi connectivity index (χ0) is 17.6. The Hall–Kier alpha value is -1.78. The Balaban J connectivity index is 1.79. The second-order valence-corrected chi connectivity index (χ2v) is 7.86. The number of hydrogen-bond donors (Lipinski definition) is 2. The summed E-state index contributed by atoms with van der Waals surface area (Å²) in [5.41, 5.74) is 5.63. The van der Waals surface area contributed by atoms with Crippen LogP contribution < -0.4 is 4.74 Å². The number of benzene rings is 1. The summed E-state index contributed by atoms with van der Waals surface area (Å²) in [6.45, 7) is 4.70. The Morgan fingerprint density at radius 3 is 2.96 bits per heavy atom. The number of rotatable bonds is 3. The fourth-order valence-corrected chi connectivity index (χ4v) is 5.08. The predicted octanol–water partition coefficient (Wildman–Crippen LogP) is 3.57. The van der Waals surface area contributed by atoms with Crippen molar-refractivity contribution in [3.8, 4) is 5.75 Å². The maximum absolute atomic E-state index is 9.51. The normalized spacial score (nSPS) is 30.3. The number of hydrogen-bond acceptors (Lipinski definition) is 2. The number of fused-ring (bicyclic) bond motifs is 5. The minimum Gasteiger partial charge on any atom is -0.497 e. The molecule has 0 spiro atoms. The molecule has 1 fully saturated rings. The molecule has 1 aromatic heterocycles. The molecule has 0 aliphatic carbocycles. The van der Waals surface area contributed by atoms with Crippen LogP contribution in [0, 0.1) is 5.92 Å². The van der Waals surface area contributed by atoms with E-state index in [2.05, 4.69) is 37.2 Å². The van der Waals surface area contributed by atoms with Crippen LogP contribution in [0.2, 0.25) is 0 Å². The topological polar surface area (TPSA) is 45.2 Å². The van der Waals surface area contributed by atoms with Crippen LogP contribution in [0.4, 0.5) is 0 Å². The lowest BCUT2D eigenvalue weighted by atomic mass is 9.78. The van der Waals surface area contributed by atoms with E-state index in [1.807, 2.05) is 6.07 Å². The van der Waals surface area contributed by atoms with Gasteiger partial charge in [-0.3, -0.25) is 0 Å². The van der Waals surface area contributed by atoms with E-state index >= 15 is 0 Å². The van der Waals surface area contributed by atoms with Gasteiger partial charge in [0.15, 0.2) is 0 Å². The Labute approximate surface area is 149 Å². The van der Waals surface area contributed by atoms with Crippen LogP contribution in [0.15, 0.2) is 29.8 Å². The molecule has 1 unspecified atom stereocenters. The van der Waals surface area contributed by atoms with Gasteiger partial charge in [0.1, 0.15) is 18.3 Å². The number of likely N-dealkylation sites (N-methyl/N-ethyl adjacent to an activating group) is 1. The van der Waals surface area contributed by atoms with E-state index in [0.717, 1.165) is 36.0 Å². The summed E-state index contributed by atoms with van der Waals surface area (Å²) in [5.74, 6) is 1.42. The number of allylic oxidation sites excluding steroid dienone is 1. The van der Waals surface area contributed by atoms with Crippen LogP contribution in [0.1, 0.15) is 37.1 Å². The van der Waals surface area contributed by atoms with Crippen LogP contribution in [0.5, 0.6) is 5.75 Å². The zero-order valence-electron chi connectivity index (χ0n) is 15.5. The molecule has 25 heavy (non-hydrogen) atoms. The predicted molar refractivity (Wildman–Crippen MR) is 101 cm³/mol. The van der Waals surface area contributed by atoms with E-state index < -0.39 is 0 Å². The molecule has 0 amide bonds. The van der Waals surface area contributed by atoms with E-state index in [4.69, 9.17) is 4.74 Å². The molecular weight excluding hydrogens is 312 g/mol. The van der Waals surface area contributed by atoms with Crippen LogP contribution in [-0.4, -0.2) is 48.4 Å². The lowest BCUT2D eigenvalue weighted by Crippen LogP contribution is -2.56. The summed E-state index contributed by atoms with van der Waals surface area (Å²) < 4.78 is 6.52. The van der Waals surface area contributed by atoms with E-state index in [-0.39, 0.29) is 6.61 Å².